The normalized spacial score (nSPS) is 11.7. The largest absolute Gasteiger partial charge is 0.356 e. The second-order valence-electron chi connectivity index (χ2n) is 6.80. The molecule has 0 fully saturated rings. The van der Waals surface area contributed by atoms with E-state index in [0.717, 1.165) is 38.4 Å². The topological polar surface area (TPSA) is 54.2 Å². The van der Waals surface area contributed by atoms with Gasteiger partial charge in [0.05, 0.1) is 0 Å². The summed E-state index contributed by atoms with van der Waals surface area (Å²) in [6.45, 7) is 7.21. The second-order valence-corrected chi connectivity index (χ2v) is 6.80. The van der Waals surface area contributed by atoms with Gasteiger partial charge in [0.15, 0.2) is 5.96 Å². The molecule has 5 nitrogen and oxygen atoms in total. The highest BCUT2D eigenvalue weighted by molar-refractivity contribution is 14.0. The Hall–Kier alpha value is -1.57. The van der Waals surface area contributed by atoms with Gasteiger partial charge < -0.3 is 10.6 Å². The number of nitrogens with zero attached hydrogens (tertiary/aromatic N) is 3. The molecule has 0 aliphatic rings. The van der Waals surface area contributed by atoms with Gasteiger partial charge in [0.2, 0.25) is 0 Å². The van der Waals surface area contributed by atoms with Crippen LogP contribution in [0.3, 0.4) is 0 Å². The lowest BCUT2D eigenvalue weighted by molar-refractivity contribution is 0.359. The second kappa shape index (κ2) is 11.1. The first-order chi connectivity index (χ1) is 11.6. The van der Waals surface area contributed by atoms with Crippen LogP contribution in [0.5, 0.6) is 0 Å². The fourth-order valence-electron chi connectivity index (χ4n) is 2.64. The summed E-state index contributed by atoms with van der Waals surface area (Å²) in [6.07, 6.45) is 5.84. The van der Waals surface area contributed by atoms with Crippen molar-refractivity contribution in [3.63, 3.8) is 0 Å². The van der Waals surface area contributed by atoms with Crippen LogP contribution in [0.1, 0.15) is 25.8 Å². The lowest BCUT2D eigenvalue weighted by Crippen LogP contribution is -2.43. The van der Waals surface area contributed by atoms with Gasteiger partial charge in [0.1, 0.15) is 0 Å². The maximum atomic E-state index is 4.30. The molecule has 0 unspecified atom stereocenters. The van der Waals surface area contributed by atoms with Crippen molar-refractivity contribution < 1.29 is 0 Å². The Morgan fingerprint density at radius 3 is 2.56 bits per heavy atom. The molecule has 138 valence electrons. The van der Waals surface area contributed by atoms with Crippen molar-refractivity contribution in [3.05, 3.63) is 54.4 Å². The van der Waals surface area contributed by atoms with Gasteiger partial charge >= 0.3 is 0 Å². The molecule has 2 aromatic rings. The summed E-state index contributed by atoms with van der Waals surface area (Å²) in [5, 5.41) is 11.0. The molecule has 1 aromatic heterocycles. The van der Waals surface area contributed by atoms with E-state index in [2.05, 4.69) is 64.9 Å². The Morgan fingerprint density at radius 1 is 1.16 bits per heavy atom. The van der Waals surface area contributed by atoms with Crippen LogP contribution in [0.2, 0.25) is 0 Å². The molecular weight excluding hydrogens is 425 g/mol. The quantitative estimate of drug-likeness (QED) is 0.278. The summed E-state index contributed by atoms with van der Waals surface area (Å²) in [5.41, 5.74) is 1.53. The Labute approximate surface area is 168 Å². The molecule has 1 heterocycles. The van der Waals surface area contributed by atoms with Gasteiger partial charge in [0, 0.05) is 39.1 Å². The third kappa shape index (κ3) is 8.38. The molecular formula is C19H30IN5. The summed E-state index contributed by atoms with van der Waals surface area (Å²) >= 11 is 0. The van der Waals surface area contributed by atoms with E-state index in [0.29, 0.717) is 0 Å². The zero-order chi connectivity index (χ0) is 17.3. The summed E-state index contributed by atoms with van der Waals surface area (Å²) in [6, 6.07) is 12.6. The minimum Gasteiger partial charge on any atom is -0.356 e. The number of hydrogen-bond donors (Lipinski definition) is 2. The number of nitrogens with one attached hydrogen (secondary N) is 2. The predicted octanol–water partition coefficient (Wildman–Crippen LogP) is 3.33. The van der Waals surface area contributed by atoms with Crippen molar-refractivity contribution in [2.24, 2.45) is 10.4 Å². The molecule has 0 saturated heterocycles. The molecule has 25 heavy (non-hydrogen) atoms. The van der Waals surface area contributed by atoms with Crippen molar-refractivity contribution in [2.75, 3.05) is 20.1 Å². The Kier molecular flexibility index (Phi) is 9.55. The predicted molar refractivity (Wildman–Crippen MR) is 116 cm³/mol. The van der Waals surface area contributed by atoms with Gasteiger partial charge in [-0.25, -0.2) is 0 Å². The summed E-state index contributed by atoms with van der Waals surface area (Å²) in [7, 11) is 1.81. The van der Waals surface area contributed by atoms with E-state index in [1.165, 1.54) is 5.56 Å². The first kappa shape index (κ1) is 21.5. The highest BCUT2D eigenvalue weighted by Crippen LogP contribution is 2.20. The van der Waals surface area contributed by atoms with Gasteiger partial charge in [0.25, 0.3) is 0 Å². The number of aryl methyl sites for hydroxylation is 1. The molecule has 2 rings (SSSR count). The van der Waals surface area contributed by atoms with Crippen LogP contribution >= 0.6 is 24.0 Å². The van der Waals surface area contributed by atoms with Crippen molar-refractivity contribution in [1.82, 2.24) is 20.4 Å². The molecule has 2 N–H and O–H groups in total. The molecule has 6 heteroatoms. The van der Waals surface area contributed by atoms with Crippen LogP contribution in [-0.4, -0.2) is 35.9 Å². The molecule has 0 bridgehead atoms. The minimum absolute atomic E-state index is 0. The van der Waals surface area contributed by atoms with E-state index < -0.39 is 0 Å². The molecule has 0 spiro atoms. The van der Waals surface area contributed by atoms with Crippen LogP contribution in [-0.2, 0) is 13.0 Å². The smallest absolute Gasteiger partial charge is 0.190 e. The van der Waals surface area contributed by atoms with E-state index >= 15 is 0 Å². The zero-order valence-corrected chi connectivity index (χ0v) is 17.7. The number of aliphatic imine (C=N–C) groups is 1. The number of hydrogen-bond acceptors (Lipinski definition) is 2. The maximum absolute atomic E-state index is 4.30. The van der Waals surface area contributed by atoms with E-state index in [9.17, 15) is 0 Å². The highest BCUT2D eigenvalue weighted by atomic mass is 127. The van der Waals surface area contributed by atoms with Crippen LogP contribution < -0.4 is 10.6 Å². The fraction of sp³-hybridized carbons (Fsp3) is 0.474. The van der Waals surface area contributed by atoms with Crippen molar-refractivity contribution >= 4 is 29.9 Å². The van der Waals surface area contributed by atoms with Crippen molar-refractivity contribution in [2.45, 2.75) is 33.2 Å². The standard InChI is InChI=1S/C19H29N5.HI/c1-19(2,15-17-9-5-4-6-10-17)16-22-18(20-3)21-11-7-13-24-14-8-12-23-24;/h4-6,8-10,12,14H,7,11,13,15-16H2,1-3H3,(H2,20,21,22);1H. The molecule has 0 saturated carbocycles. The molecule has 0 aliphatic heterocycles. The average Bonchev–Trinajstić information content (AvgIpc) is 3.08. The van der Waals surface area contributed by atoms with E-state index in [-0.39, 0.29) is 29.4 Å². The number of guanidine groups is 1. The van der Waals surface area contributed by atoms with Gasteiger partial charge in [-0.3, -0.25) is 9.67 Å². The fourth-order valence-corrected chi connectivity index (χ4v) is 2.64. The summed E-state index contributed by atoms with van der Waals surface area (Å²) < 4.78 is 1.95. The number of aromatic nitrogens is 2. The molecule has 0 atom stereocenters. The first-order valence-electron chi connectivity index (χ1n) is 8.55. The van der Waals surface area contributed by atoms with Crippen molar-refractivity contribution in [1.29, 1.82) is 0 Å². The van der Waals surface area contributed by atoms with E-state index in [1.54, 1.807) is 0 Å². The Morgan fingerprint density at radius 2 is 1.92 bits per heavy atom. The molecule has 0 amide bonds. The lowest BCUT2D eigenvalue weighted by Gasteiger charge is -2.26. The third-order valence-electron chi connectivity index (χ3n) is 3.90. The first-order valence-corrected chi connectivity index (χ1v) is 8.55. The minimum atomic E-state index is 0. The Balaban J connectivity index is 0.00000312. The van der Waals surface area contributed by atoms with Crippen LogP contribution in [0.15, 0.2) is 53.8 Å². The molecule has 1 aromatic carbocycles. The van der Waals surface area contributed by atoms with Crippen LogP contribution in [0.25, 0.3) is 0 Å². The van der Waals surface area contributed by atoms with E-state index in [4.69, 9.17) is 0 Å². The van der Waals surface area contributed by atoms with Gasteiger partial charge in [-0.1, -0.05) is 44.2 Å². The number of halogens is 1. The van der Waals surface area contributed by atoms with Crippen molar-refractivity contribution in [3.8, 4) is 0 Å². The monoisotopic (exact) mass is 455 g/mol. The Bertz CT molecular complexity index is 608. The third-order valence-corrected chi connectivity index (χ3v) is 3.90. The summed E-state index contributed by atoms with van der Waals surface area (Å²) in [4.78, 5) is 4.30. The average molecular weight is 455 g/mol. The number of rotatable bonds is 8. The zero-order valence-electron chi connectivity index (χ0n) is 15.4. The maximum Gasteiger partial charge on any atom is 0.190 e. The van der Waals surface area contributed by atoms with Crippen LogP contribution in [0.4, 0.5) is 0 Å². The van der Waals surface area contributed by atoms with Crippen LogP contribution in [0, 0.1) is 5.41 Å². The van der Waals surface area contributed by atoms with E-state index in [1.807, 2.05) is 30.2 Å². The lowest BCUT2D eigenvalue weighted by atomic mass is 9.86. The summed E-state index contributed by atoms with van der Waals surface area (Å²) in [5.74, 6) is 0.858. The van der Waals surface area contributed by atoms with Gasteiger partial charge in [-0.15, -0.1) is 24.0 Å². The number of benzene rings is 1. The SMILES string of the molecule is CN=C(NCCCn1cccn1)NCC(C)(C)Cc1ccccc1.I. The molecule has 0 radical (unpaired) electrons. The molecule has 0 aliphatic carbocycles. The van der Waals surface area contributed by atoms with Gasteiger partial charge in [-0.2, -0.15) is 5.10 Å². The highest BCUT2D eigenvalue weighted by Gasteiger charge is 2.18. The van der Waals surface area contributed by atoms with Gasteiger partial charge in [-0.05, 0) is 29.9 Å².